The summed E-state index contributed by atoms with van der Waals surface area (Å²) in [5, 5.41) is 6.64. The van der Waals surface area contributed by atoms with Crippen LogP contribution in [0.4, 0.5) is 0 Å². The van der Waals surface area contributed by atoms with Crippen molar-refractivity contribution < 1.29 is 8.42 Å². The van der Waals surface area contributed by atoms with Crippen LogP contribution in [0, 0.1) is 6.92 Å². The Labute approximate surface area is 119 Å². The number of rotatable bonds is 5. The average molecular weight is 299 g/mol. The summed E-state index contributed by atoms with van der Waals surface area (Å²) in [7, 11) is -3.59. The van der Waals surface area contributed by atoms with E-state index in [2.05, 4.69) is 19.8 Å². The van der Waals surface area contributed by atoms with Gasteiger partial charge in [0, 0.05) is 43.0 Å². The summed E-state index contributed by atoms with van der Waals surface area (Å²) in [5.74, 6) is 0. The summed E-state index contributed by atoms with van der Waals surface area (Å²) < 4.78 is 27.6. The molecule has 0 spiro atoms. The first-order valence-corrected chi connectivity index (χ1v) is 8.50. The number of nitrogens with one attached hydrogen (secondary N) is 2. The Balaban J connectivity index is 1.72. The summed E-state index contributed by atoms with van der Waals surface area (Å²) in [6.45, 7) is 3.71. The van der Waals surface area contributed by atoms with Crippen LogP contribution in [0.25, 0.3) is 0 Å². The lowest BCUT2D eigenvalue weighted by atomic mass is 10.3. The molecule has 1 aromatic rings. The van der Waals surface area contributed by atoms with E-state index in [-0.39, 0.29) is 17.6 Å². The molecule has 1 unspecified atom stereocenters. The van der Waals surface area contributed by atoms with Crippen molar-refractivity contribution in [1.29, 1.82) is 0 Å². The van der Waals surface area contributed by atoms with E-state index in [1.54, 1.807) is 6.92 Å². The molecule has 20 heavy (non-hydrogen) atoms. The molecule has 8 heteroatoms. The number of hydrogen-bond acceptors (Lipinski definition) is 5. The maximum atomic E-state index is 12.4. The quantitative estimate of drug-likeness (QED) is 0.692. The van der Waals surface area contributed by atoms with Crippen molar-refractivity contribution in [2.75, 3.05) is 13.1 Å². The number of hydrogen-bond donors (Lipinski definition) is 3. The molecule has 112 valence electrons. The summed E-state index contributed by atoms with van der Waals surface area (Å²) in [4.78, 5) is 2.37. The largest absolute Gasteiger partial charge is 0.326 e. The second-order valence-electron chi connectivity index (χ2n) is 5.67. The van der Waals surface area contributed by atoms with Crippen molar-refractivity contribution in [2.24, 2.45) is 5.73 Å². The van der Waals surface area contributed by atoms with Gasteiger partial charge in [-0.2, -0.15) is 5.10 Å². The zero-order valence-corrected chi connectivity index (χ0v) is 12.4. The molecule has 4 N–H and O–H groups in total. The SMILES string of the molecule is Cc1[nH]nc(S(=O)(=O)NC2CCN(C3CC3)C2)c1CN. The number of aromatic amines is 1. The monoisotopic (exact) mass is 299 g/mol. The van der Waals surface area contributed by atoms with Crippen LogP contribution < -0.4 is 10.5 Å². The fraction of sp³-hybridized carbons (Fsp3) is 0.750. The first kappa shape index (κ1) is 14.0. The van der Waals surface area contributed by atoms with E-state index in [4.69, 9.17) is 5.73 Å². The molecule has 3 rings (SSSR count). The van der Waals surface area contributed by atoms with Gasteiger partial charge in [0.1, 0.15) is 0 Å². The molecule has 1 aromatic heterocycles. The Kier molecular flexibility index (Phi) is 3.57. The third-order valence-corrected chi connectivity index (χ3v) is 5.59. The minimum Gasteiger partial charge on any atom is -0.326 e. The van der Waals surface area contributed by atoms with Crippen molar-refractivity contribution in [1.82, 2.24) is 19.8 Å². The average Bonchev–Trinajstić information content (AvgIpc) is 3.03. The Bertz CT molecular complexity index is 593. The van der Waals surface area contributed by atoms with Gasteiger partial charge < -0.3 is 5.73 Å². The van der Waals surface area contributed by atoms with Gasteiger partial charge in [0.05, 0.1) is 0 Å². The van der Waals surface area contributed by atoms with Crippen LogP contribution in [0.1, 0.15) is 30.5 Å². The molecule has 1 aliphatic heterocycles. The highest BCUT2D eigenvalue weighted by molar-refractivity contribution is 7.89. The molecule has 2 heterocycles. The number of nitrogens with two attached hydrogens (primary N) is 1. The van der Waals surface area contributed by atoms with Crippen LogP contribution in [0.15, 0.2) is 5.03 Å². The van der Waals surface area contributed by atoms with E-state index < -0.39 is 10.0 Å². The number of aryl methyl sites for hydroxylation is 1. The Morgan fingerprint density at radius 3 is 2.85 bits per heavy atom. The van der Waals surface area contributed by atoms with Crippen LogP contribution in [-0.2, 0) is 16.6 Å². The number of H-pyrrole nitrogens is 1. The van der Waals surface area contributed by atoms with Gasteiger partial charge in [-0.25, -0.2) is 13.1 Å². The van der Waals surface area contributed by atoms with Gasteiger partial charge in [0.25, 0.3) is 10.0 Å². The highest BCUT2D eigenvalue weighted by Crippen LogP contribution is 2.30. The predicted octanol–water partition coefficient (Wildman–Crippen LogP) is -0.308. The second kappa shape index (κ2) is 5.10. The first-order valence-electron chi connectivity index (χ1n) is 7.01. The molecule has 0 bridgehead atoms. The van der Waals surface area contributed by atoms with E-state index in [0.717, 1.165) is 19.5 Å². The molecule has 0 amide bonds. The topological polar surface area (TPSA) is 104 Å². The number of aromatic nitrogens is 2. The smallest absolute Gasteiger partial charge is 0.260 e. The Morgan fingerprint density at radius 1 is 1.45 bits per heavy atom. The van der Waals surface area contributed by atoms with Crippen LogP contribution in [0.3, 0.4) is 0 Å². The molecular formula is C12H21N5O2S. The van der Waals surface area contributed by atoms with Gasteiger partial charge in [-0.1, -0.05) is 0 Å². The lowest BCUT2D eigenvalue weighted by molar-refractivity contribution is 0.322. The Hall–Kier alpha value is -0.960. The van der Waals surface area contributed by atoms with E-state index in [1.807, 2.05) is 0 Å². The molecule has 1 saturated heterocycles. The lowest BCUT2D eigenvalue weighted by Crippen LogP contribution is -2.38. The van der Waals surface area contributed by atoms with E-state index in [9.17, 15) is 8.42 Å². The second-order valence-corrected chi connectivity index (χ2v) is 7.30. The fourth-order valence-corrected chi connectivity index (χ4v) is 4.29. The van der Waals surface area contributed by atoms with Crippen LogP contribution >= 0.6 is 0 Å². The van der Waals surface area contributed by atoms with Gasteiger partial charge in [-0.05, 0) is 26.2 Å². The molecule has 1 atom stereocenters. The lowest BCUT2D eigenvalue weighted by Gasteiger charge is -2.15. The molecule has 1 aliphatic carbocycles. The third-order valence-electron chi connectivity index (χ3n) is 4.10. The van der Waals surface area contributed by atoms with Gasteiger partial charge in [0.15, 0.2) is 5.03 Å². The van der Waals surface area contributed by atoms with E-state index in [1.165, 1.54) is 12.8 Å². The normalized spacial score (nSPS) is 24.4. The molecular weight excluding hydrogens is 278 g/mol. The number of nitrogens with zero attached hydrogens (tertiary/aromatic N) is 2. The van der Waals surface area contributed by atoms with Crippen molar-refractivity contribution in [3.05, 3.63) is 11.3 Å². The van der Waals surface area contributed by atoms with Crippen LogP contribution in [-0.4, -0.2) is 48.7 Å². The Morgan fingerprint density at radius 2 is 2.20 bits per heavy atom. The van der Waals surface area contributed by atoms with Crippen molar-refractivity contribution >= 4 is 10.0 Å². The highest BCUT2D eigenvalue weighted by atomic mass is 32.2. The fourth-order valence-electron chi connectivity index (χ4n) is 2.82. The molecule has 2 aliphatic rings. The summed E-state index contributed by atoms with van der Waals surface area (Å²) in [6, 6.07) is 0.653. The molecule has 1 saturated carbocycles. The number of likely N-dealkylation sites (tertiary alicyclic amines) is 1. The van der Waals surface area contributed by atoms with Gasteiger partial charge in [0.2, 0.25) is 0 Å². The van der Waals surface area contributed by atoms with Crippen LogP contribution in [0.2, 0.25) is 0 Å². The van der Waals surface area contributed by atoms with Crippen molar-refractivity contribution in [3.8, 4) is 0 Å². The summed E-state index contributed by atoms with van der Waals surface area (Å²) in [6.07, 6.45) is 3.35. The maximum Gasteiger partial charge on any atom is 0.260 e. The molecule has 0 aromatic carbocycles. The predicted molar refractivity (Wildman–Crippen MR) is 74.5 cm³/mol. The molecule has 2 fully saturated rings. The summed E-state index contributed by atoms with van der Waals surface area (Å²) >= 11 is 0. The van der Waals surface area contributed by atoms with Gasteiger partial charge in [-0.3, -0.25) is 10.00 Å². The zero-order valence-electron chi connectivity index (χ0n) is 11.6. The van der Waals surface area contributed by atoms with Crippen molar-refractivity contribution in [3.63, 3.8) is 0 Å². The summed E-state index contributed by atoms with van der Waals surface area (Å²) in [5.41, 5.74) is 6.88. The zero-order chi connectivity index (χ0) is 14.3. The minimum absolute atomic E-state index is 0.0248. The maximum absolute atomic E-state index is 12.4. The minimum atomic E-state index is -3.59. The molecule has 7 nitrogen and oxygen atoms in total. The number of sulfonamides is 1. The third kappa shape index (κ3) is 2.60. The van der Waals surface area contributed by atoms with E-state index >= 15 is 0 Å². The first-order chi connectivity index (χ1) is 9.51. The van der Waals surface area contributed by atoms with Crippen molar-refractivity contribution in [2.45, 2.75) is 49.8 Å². The standard InChI is InChI=1S/C12H21N5O2S/c1-8-11(6-13)12(15-14-8)20(18,19)16-9-4-5-17(7-9)10-2-3-10/h9-10,16H,2-7,13H2,1H3,(H,14,15). The van der Waals surface area contributed by atoms with Crippen LogP contribution in [0.5, 0.6) is 0 Å². The van der Waals surface area contributed by atoms with Gasteiger partial charge in [-0.15, -0.1) is 0 Å². The highest BCUT2D eigenvalue weighted by Gasteiger charge is 2.36. The van der Waals surface area contributed by atoms with E-state index in [0.29, 0.717) is 17.3 Å². The van der Waals surface area contributed by atoms with Gasteiger partial charge >= 0.3 is 0 Å². The molecule has 0 radical (unpaired) electrons.